The summed E-state index contributed by atoms with van der Waals surface area (Å²) in [6.07, 6.45) is 1.97. The van der Waals surface area contributed by atoms with Crippen molar-refractivity contribution in [3.8, 4) is 0 Å². The number of nitrogens with one attached hydrogen (secondary N) is 1. The minimum atomic E-state index is 0.937. The van der Waals surface area contributed by atoms with Crippen LogP contribution in [-0.4, -0.2) is 9.85 Å². The number of aromatic amines is 1. The van der Waals surface area contributed by atoms with Crippen LogP contribution in [0.2, 0.25) is 0 Å². The van der Waals surface area contributed by atoms with Gasteiger partial charge >= 0.3 is 0 Å². The molecule has 0 fully saturated rings. The highest BCUT2D eigenvalue weighted by Gasteiger charge is 2.02. The van der Waals surface area contributed by atoms with Gasteiger partial charge in [0.1, 0.15) is 0 Å². The Morgan fingerprint density at radius 1 is 1.33 bits per heavy atom. The fraction of sp³-hybridized carbons (Fsp3) is 0.100. The van der Waals surface area contributed by atoms with E-state index in [4.69, 9.17) is 12.2 Å². The molecular weight excluding hydrogens is 166 g/mol. The molecule has 60 valence electrons. The Bertz CT molecular complexity index is 428. The van der Waals surface area contributed by atoms with Crippen LogP contribution in [-0.2, 0) is 0 Å². The normalized spacial score (nSPS) is 10.4. The number of fused-ring (bicyclic) bond motifs is 1. The first-order valence-electron chi connectivity index (χ1n) is 3.86. The van der Waals surface area contributed by atoms with Gasteiger partial charge in [-0.25, -0.2) is 0 Å². The van der Waals surface area contributed by atoms with Crippen molar-refractivity contribution in [2.24, 2.45) is 0 Å². The minimum Gasteiger partial charge on any atom is -0.361 e. The number of aromatic nitrogens is 1. The lowest BCUT2D eigenvalue weighted by atomic mass is 10.1. The van der Waals surface area contributed by atoms with Crippen molar-refractivity contribution in [1.82, 2.24) is 4.98 Å². The summed E-state index contributed by atoms with van der Waals surface area (Å²) in [6.45, 7) is 1.95. The Kier molecular flexibility index (Phi) is 1.70. The summed E-state index contributed by atoms with van der Waals surface area (Å²) in [5, 5.41) is 1.21. The lowest BCUT2D eigenvalue weighted by Crippen LogP contribution is -1.85. The van der Waals surface area contributed by atoms with Crippen LogP contribution in [0.25, 0.3) is 10.9 Å². The molecule has 1 aromatic heterocycles. The monoisotopic (exact) mass is 175 g/mol. The molecule has 12 heavy (non-hydrogen) atoms. The maximum atomic E-state index is 5.12. The second-order valence-electron chi connectivity index (χ2n) is 2.80. The lowest BCUT2D eigenvalue weighted by molar-refractivity contribution is 1.47. The number of thiocarbonyl (C=S) groups is 1. The van der Waals surface area contributed by atoms with Gasteiger partial charge in [0.25, 0.3) is 0 Å². The maximum absolute atomic E-state index is 5.12. The van der Waals surface area contributed by atoms with E-state index in [1.807, 2.05) is 25.3 Å². The fourth-order valence-corrected chi connectivity index (χ4v) is 1.53. The van der Waals surface area contributed by atoms with Crippen LogP contribution in [0.5, 0.6) is 0 Å². The third kappa shape index (κ3) is 1.04. The zero-order valence-electron chi connectivity index (χ0n) is 6.79. The van der Waals surface area contributed by atoms with E-state index in [-0.39, 0.29) is 0 Å². The second kappa shape index (κ2) is 2.72. The number of benzene rings is 1. The van der Waals surface area contributed by atoms with E-state index >= 15 is 0 Å². The van der Waals surface area contributed by atoms with Crippen molar-refractivity contribution in [3.05, 3.63) is 36.0 Å². The lowest BCUT2D eigenvalue weighted by Gasteiger charge is -1.92. The predicted molar refractivity (Wildman–Crippen MR) is 55.7 cm³/mol. The van der Waals surface area contributed by atoms with Crippen molar-refractivity contribution in [2.45, 2.75) is 6.92 Å². The zero-order valence-corrected chi connectivity index (χ0v) is 7.61. The fourth-order valence-electron chi connectivity index (χ4n) is 1.36. The summed E-state index contributed by atoms with van der Waals surface area (Å²) in [4.78, 5) is 4.12. The number of para-hydroxylation sites is 1. The summed E-state index contributed by atoms with van der Waals surface area (Å²) in [6, 6.07) is 8.17. The second-order valence-corrected chi connectivity index (χ2v) is 3.42. The average Bonchev–Trinajstić information content (AvgIpc) is 2.47. The number of H-pyrrole nitrogens is 1. The highest BCUT2D eigenvalue weighted by atomic mass is 32.1. The molecule has 0 aliphatic carbocycles. The van der Waals surface area contributed by atoms with Crippen LogP contribution in [0.3, 0.4) is 0 Å². The maximum Gasteiger partial charge on any atom is 0.0460 e. The van der Waals surface area contributed by atoms with E-state index in [0.717, 1.165) is 15.9 Å². The quantitative estimate of drug-likeness (QED) is 0.520. The third-order valence-electron chi connectivity index (χ3n) is 1.97. The van der Waals surface area contributed by atoms with Gasteiger partial charge in [-0.2, -0.15) is 0 Å². The van der Waals surface area contributed by atoms with Crippen LogP contribution in [0, 0.1) is 0 Å². The molecule has 2 rings (SSSR count). The van der Waals surface area contributed by atoms with Gasteiger partial charge < -0.3 is 4.98 Å². The molecule has 0 saturated carbocycles. The average molecular weight is 175 g/mol. The molecule has 2 heteroatoms. The molecule has 0 aliphatic heterocycles. The van der Waals surface area contributed by atoms with E-state index in [0.29, 0.717) is 0 Å². The van der Waals surface area contributed by atoms with Crippen molar-refractivity contribution >= 4 is 28.0 Å². The van der Waals surface area contributed by atoms with Gasteiger partial charge in [-0.1, -0.05) is 30.4 Å². The van der Waals surface area contributed by atoms with Crippen LogP contribution in [0.15, 0.2) is 30.5 Å². The zero-order chi connectivity index (χ0) is 8.55. The van der Waals surface area contributed by atoms with Gasteiger partial charge in [0, 0.05) is 27.5 Å². The Morgan fingerprint density at radius 3 is 2.83 bits per heavy atom. The molecule has 1 N–H and O–H groups in total. The van der Waals surface area contributed by atoms with Crippen LogP contribution >= 0.6 is 12.2 Å². The molecule has 1 heterocycles. The minimum absolute atomic E-state index is 0.937. The van der Waals surface area contributed by atoms with Crippen LogP contribution in [0.4, 0.5) is 0 Å². The summed E-state index contributed by atoms with van der Waals surface area (Å²) in [5.41, 5.74) is 2.29. The number of rotatable bonds is 1. The summed E-state index contributed by atoms with van der Waals surface area (Å²) in [5.74, 6) is 0. The summed E-state index contributed by atoms with van der Waals surface area (Å²) < 4.78 is 0. The molecule has 2 aromatic rings. The molecule has 0 amide bonds. The van der Waals surface area contributed by atoms with E-state index in [1.165, 1.54) is 5.39 Å². The molecular formula is C10H9NS. The molecule has 1 nitrogen and oxygen atoms in total. The predicted octanol–water partition coefficient (Wildman–Crippen LogP) is 2.91. The van der Waals surface area contributed by atoms with Gasteiger partial charge in [-0.05, 0) is 13.0 Å². The molecule has 0 unspecified atom stereocenters. The highest BCUT2D eigenvalue weighted by Crippen LogP contribution is 2.17. The summed E-state index contributed by atoms with van der Waals surface area (Å²) in [7, 11) is 0. The Hall–Kier alpha value is -1.15. The molecule has 0 bridgehead atoms. The van der Waals surface area contributed by atoms with Crippen molar-refractivity contribution in [2.75, 3.05) is 0 Å². The number of hydrogen-bond donors (Lipinski definition) is 1. The first kappa shape index (κ1) is 7.50. The topological polar surface area (TPSA) is 15.8 Å². The highest BCUT2D eigenvalue weighted by molar-refractivity contribution is 7.80. The van der Waals surface area contributed by atoms with E-state index < -0.39 is 0 Å². The van der Waals surface area contributed by atoms with Gasteiger partial charge in [-0.15, -0.1) is 0 Å². The van der Waals surface area contributed by atoms with Gasteiger partial charge in [-0.3, -0.25) is 0 Å². The summed E-state index contributed by atoms with van der Waals surface area (Å²) >= 11 is 5.12. The molecule has 0 radical (unpaired) electrons. The van der Waals surface area contributed by atoms with E-state index in [1.54, 1.807) is 0 Å². The van der Waals surface area contributed by atoms with E-state index in [9.17, 15) is 0 Å². The molecule has 0 spiro atoms. The smallest absolute Gasteiger partial charge is 0.0460 e. The van der Waals surface area contributed by atoms with Crippen LogP contribution in [0.1, 0.15) is 12.5 Å². The first-order chi connectivity index (χ1) is 5.79. The van der Waals surface area contributed by atoms with Crippen molar-refractivity contribution in [1.29, 1.82) is 0 Å². The van der Waals surface area contributed by atoms with Gasteiger partial charge in [0.05, 0.1) is 0 Å². The molecule has 1 aromatic carbocycles. The van der Waals surface area contributed by atoms with Crippen LogP contribution < -0.4 is 0 Å². The van der Waals surface area contributed by atoms with Crippen molar-refractivity contribution in [3.63, 3.8) is 0 Å². The molecule has 0 atom stereocenters. The largest absolute Gasteiger partial charge is 0.361 e. The Labute approximate surface area is 76.4 Å². The SMILES string of the molecule is CC(=S)c1c[nH]c2ccccc12. The standard InChI is InChI=1S/C10H9NS/c1-7(12)9-6-11-10-5-3-2-4-8(9)10/h2-6,11H,1H3. The molecule has 0 aliphatic rings. The van der Waals surface area contributed by atoms with Gasteiger partial charge in [0.2, 0.25) is 0 Å². The van der Waals surface area contributed by atoms with Gasteiger partial charge in [0.15, 0.2) is 0 Å². The van der Waals surface area contributed by atoms with E-state index in [2.05, 4.69) is 17.1 Å². The Balaban J connectivity index is 2.79. The van der Waals surface area contributed by atoms with Crippen molar-refractivity contribution < 1.29 is 0 Å². The third-order valence-corrected chi connectivity index (χ3v) is 2.19. The Morgan fingerprint density at radius 2 is 2.08 bits per heavy atom. The molecule has 0 saturated heterocycles. The first-order valence-corrected chi connectivity index (χ1v) is 4.27. The number of hydrogen-bond acceptors (Lipinski definition) is 1.